The molecule has 1 aromatic rings. The van der Waals surface area contributed by atoms with Crippen LogP contribution in [-0.4, -0.2) is 30.1 Å². The van der Waals surface area contributed by atoms with Crippen molar-refractivity contribution >= 4 is 18.0 Å². The van der Waals surface area contributed by atoms with Crippen molar-refractivity contribution < 1.29 is 24.2 Å². The zero-order valence-electron chi connectivity index (χ0n) is 11.8. The van der Waals surface area contributed by atoms with Crippen molar-refractivity contribution in [2.45, 2.75) is 32.5 Å². The van der Waals surface area contributed by atoms with E-state index < -0.39 is 30.1 Å². The Labute approximate surface area is 122 Å². The number of hydrogen-bond donors (Lipinski definition) is 2. The Bertz CT molecular complexity index is 503. The van der Waals surface area contributed by atoms with Crippen LogP contribution in [0.5, 0.6) is 0 Å². The van der Waals surface area contributed by atoms with Gasteiger partial charge in [0.05, 0.1) is 12.0 Å². The topological polar surface area (TPSA) is 108 Å². The van der Waals surface area contributed by atoms with Gasteiger partial charge in [-0.05, 0) is 19.4 Å². The molecule has 0 aliphatic rings. The molecular weight excluding hydrogens is 276 g/mol. The van der Waals surface area contributed by atoms with Crippen LogP contribution in [0.25, 0.3) is 0 Å². The number of alkyl carbamates (subject to hydrolysis) is 1. The first-order chi connectivity index (χ1) is 9.90. The third-order valence-corrected chi connectivity index (χ3v) is 2.65. The summed E-state index contributed by atoms with van der Waals surface area (Å²) in [5, 5.41) is 15.0. The fraction of sp³-hybridized carbons (Fsp3) is 0.357. The monoisotopic (exact) mass is 293 g/mol. The first kappa shape index (κ1) is 16.5. The predicted octanol–water partition coefficient (Wildman–Crippen LogP) is -0.444. The lowest BCUT2D eigenvalue weighted by atomic mass is 10.2. The van der Waals surface area contributed by atoms with Gasteiger partial charge in [0.2, 0.25) is 5.91 Å². The van der Waals surface area contributed by atoms with E-state index >= 15 is 0 Å². The largest absolute Gasteiger partial charge is 0.548 e. The van der Waals surface area contributed by atoms with E-state index in [4.69, 9.17) is 4.74 Å². The van der Waals surface area contributed by atoms with Gasteiger partial charge in [-0.2, -0.15) is 0 Å². The SMILES string of the molecule is CC(NC(=O)C(C)NC(=O)OCc1ccccc1)C(=O)[O-]. The number of hydrogen-bond acceptors (Lipinski definition) is 5. The molecule has 0 saturated heterocycles. The highest BCUT2D eigenvalue weighted by Gasteiger charge is 2.18. The Morgan fingerprint density at radius 1 is 1.10 bits per heavy atom. The third-order valence-electron chi connectivity index (χ3n) is 2.65. The van der Waals surface area contributed by atoms with E-state index in [-0.39, 0.29) is 6.61 Å². The maximum atomic E-state index is 11.6. The van der Waals surface area contributed by atoms with Gasteiger partial charge < -0.3 is 25.3 Å². The van der Waals surface area contributed by atoms with Gasteiger partial charge in [0.25, 0.3) is 0 Å². The van der Waals surface area contributed by atoms with E-state index in [1.54, 1.807) is 12.1 Å². The van der Waals surface area contributed by atoms with Gasteiger partial charge >= 0.3 is 6.09 Å². The summed E-state index contributed by atoms with van der Waals surface area (Å²) in [5.74, 6) is -2.04. The Hall–Kier alpha value is -2.57. The van der Waals surface area contributed by atoms with Crippen LogP contribution < -0.4 is 15.7 Å². The number of aliphatic carboxylic acids is 1. The Morgan fingerprint density at radius 3 is 2.29 bits per heavy atom. The van der Waals surface area contributed by atoms with Crippen molar-refractivity contribution in [2.75, 3.05) is 0 Å². The Morgan fingerprint density at radius 2 is 1.71 bits per heavy atom. The Kier molecular flexibility index (Phi) is 6.19. The van der Waals surface area contributed by atoms with E-state index in [2.05, 4.69) is 10.6 Å². The van der Waals surface area contributed by atoms with Gasteiger partial charge in [0, 0.05) is 0 Å². The lowest BCUT2D eigenvalue weighted by Crippen LogP contribution is -2.52. The number of carboxylic acid groups (broad SMARTS) is 1. The van der Waals surface area contributed by atoms with Gasteiger partial charge in [-0.1, -0.05) is 30.3 Å². The second-order valence-corrected chi connectivity index (χ2v) is 4.48. The second kappa shape index (κ2) is 7.88. The number of carbonyl (C=O) groups excluding carboxylic acids is 3. The molecule has 7 nitrogen and oxygen atoms in total. The molecule has 21 heavy (non-hydrogen) atoms. The molecule has 1 rings (SSSR count). The van der Waals surface area contributed by atoms with Crippen LogP contribution in [0.3, 0.4) is 0 Å². The first-order valence-electron chi connectivity index (χ1n) is 6.38. The number of amides is 2. The van der Waals surface area contributed by atoms with Crippen molar-refractivity contribution in [3.63, 3.8) is 0 Å². The fourth-order valence-electron chi connectivity index (χ4n) is 1.40. The molecule has 0 spiro atoms. The second-order valence-electron chi connectivity index (χ2n) is 4.48. The zero-order chi connectivity index (χ0) is 15.8. The highest BCUT2D eigenvalue weighted by molar-refractivity contribution is 5.88. The van der Waals surface area contributed by atoms with Crippen LogP contribution in [0, 0.1) is 0 Å². The quantitative estimate of drug-likeness (QED) is 0.739. The predicted molar refractivity (Wildman–Crippen MR) is 71.8 cm³/mol. The standard InChI is InChI=1S/C14H18N2O5/c1-9(12(17)15-10(2)13(18)19)16-14(20)21-8-11-6-4-3-5-7-11/h3-7,9-10H,8H2,1-2H3,(H,15,17)(H,16,20)(H,18,19)/p-1. The number of carbonyl (C=O) groups is 3. The van der Waals surface area contributed by atoms with Gasteiger partial charge in [-0.25, -0.2) is 4.79 Å². The molecule has 0 aromatic heterocycles. The maximum absolute atomic E-state index is 11.6. The minimum absolute atomic E-state index is 0.0798. The summed E-state index contributed by atoms with van der Waals surface area (Å²) in [6.07, 6.45) is -0.761. The van der Waals surface area contributed by atoms with E-state index in [0.717, 1.165) is 5.56 Å². The minimum Gasteiger partial charge on any atom is -0.548 e. The average Bonchev–Trinajstić information content (AvgIpc) is 2.45. The van der Waals surface area contributed by atoms with E-state index in [0.29, 0.717) is 0 Å². The molecule has 0 saturated carbocycles. The van der Waals surface area contributed by atoms with Gasteiger partial charge in [-0.3, -0.25) is 4.79 Å². The molecule has 2 amide bonds. The molecule has 0 fully saturated rings. The summed E-state index contributed by atoms with van der Waals surface area (Å²) >= 11 is 0. The number of nitrogens with one attached hydrogen (secondary N) is 2. The van der Waals surface area contributed by atoms with Crippen LogP contribution in [-0.2, 0) is 20.9 Å². The van der Waals surface area contributed by atoms with Crippen LogP contribution in [0.4, 0.5) is 4.79 Å². The van der Waals surface area contributed by atoms with E-state index in [1.807, 2.05) is 18.2 Å². The Balaban J connectivity index is 2.36. The molecule has 0 heterocycles. The summed E-state index contributed by atoms with van der Waals surface area (Å²) in [7, 11) is 0. The van der Waals surface area contributed by atoms with E-state index in [9.17, 15) is 19.5 Å². The molecule has 2 atom stereocenters. The highest BCUT2D eigenvalue weighted by atomic mass is 16.5. The van der Waals surface area contributed by atoms with E-state index in [1.165, 1.54) is 13.8 Å². The highest BCUT2D eigenvalue weighted by Crippen LogP contribution is 2.00. The first-order valence-corrected chi connectivity index (χ1v) is 6.38. The van der Waals surface area contributed by atoms with Crippen molar-refractivity contribution in [3.05, 3.63) is 35.9 Å². The van der Waals surface area contributed by atoms with Crippen LogP contribution in [0.15, 0.2) is 30.3 Å². The fourth-order valence-corrected chi connectivity index (χ4v) is 1.40. The zero-order valence-corrected chi connectivity index (χ0v) is 11.8. The lowest BCUT2D eigenvalue weighted by molar-refractivity contribution is -0.307. The van der Waals surface area contributed by atoms with Crippen molar-refractivity contribution in [1.29, 1.82) is 0 Å². The summed E-state index contributed by atoms with van der Waals surface area (Å²) in [5.41, 5.74) is 0.815. The molecule has 2 N–H and O–H groups in total. The molecule has 0 aliphatic carbocycles. The summed E-state index contributed by atoms with van der Waals surface area (Å²) in [6, 6.07) is 7.00. The lowest BCUT2D eigenvalue weighted by Gasteiger charge is -2.18. The molecular formula is C14H17N2O5-. The number of benzene rings is 1. The van der Waals surface area contributed by atoms with Gasteiger partial charge in [-0.15, -0.1) is 0 Å². The smallest absolute Gasteiger partial charge is 0.408 e. The molecule has 2 unspecified atom stereocenters. The minimum atomic E-state index is -1.40. The molecule has 0 aliphatic heterocycles. The molecule has 7 heteroatoms. The summed E-state index contributed by atoms with van der Waals surface area (Å²) < 4.78 is 4.94. The number of rotatable bonds is 6. The van der Waals surface area contributed by atoms with Gasteiger partial charge in [0.15, 0.2) is 0 Å². The normalized spacial score (nSPS) is 12.9. The van der Waals surface area contributed by atoms with Gasteiger partial charge in [0.1, 0.15) is 12.6 Å². The molecule has 0 radical (unpaired) electrons. The summed E-state index contributed by atoms with van der Waals surface area (Å²) in [6.45, 7) is 2.77. The maximum Gasteiger partial charge on any atom is 0.408 e. The number of ether oxygens (including phenoxy) is 1. The molecule has 114 valence electrons. The van der Waals surface area contributed by atoms with Crippen molar-refractivity contribution in [3.8, 4) is 0 Å². The summed E-state index contributed by atoms with van der Waals surface area (Å²) in [4.78, 5) is 33.6. The van der Waals surface area contributed by atoms with Crippen LogP contribution in [0.2, 0.25) is 0 Å². The molecule has 0 bridgehead atoms. The van der Waals surface area contributed by atoms with Crippen LogP contribution >= 0.6 is 0 Å². The molecule has 1 aromatic carbocycles. The van der Waals surface area contributed by atoms with Crippen LogP contribution in [0.1, 0.15) is 19.4 Å². The van der Waals surface area contributed by atoms with Crippen molar-refractivity contribution in [1.82, 2.24) is 10.6 Å². The third kappa shape index (κ3) is 5.94. The van der Waals surface area contributed by atoms with Crippen molar-refractivity contribution in [2.24, 2.45) is 0 Å². The average molecular weight is 293 g/mol. The number of carboxylic acids is 1.